The van der Waals surface area contributed by atoms with Crippen molar-refractivity contribution in [1.29, 1.82) is 0 Å². The second kappa shape index (κ2) is 8.52. The van der Waals surface area contributed by atoms with Gasteiger partial charge in [0.1, 0.15) is 0 Å². The second-order valence-electron chi connectivity index (χ2n) is 6.09. The molecule has 0 spiro atoms. The summed E-state index contributed by atoms with van der Waals surface area (Å²) >= 11 is 9.90. The first kappa shape index (κ1) is 17.3. The van der Waals surface area contributed by atoms with Gasteiger partial charge in [-0.25, -0.2) is 0 Å². The van der Waals surface area contributed by atoms with Gasteiger partial charge in [0.2, 0.25) is 0 Å². The van der Waals surface area contributed by atoms with Crippen LogP contribution in [0.4, 0.5) is 0 Å². The van der Waals surface area contributed by atoms with Gasteiger partial charge in [-0.3, -0.25) is 0 Å². The Morgan fingerprint density at radius 3 is 2.71 bits per heavy atom. The zero-order valence-corrected chi connectivity index (χ0v) is 15.4. The molecule has 1 heterocycles. The third kappa shape index (κ3) is 5.24. The van der Waals surface area contributed by atoms with E-state index in [-0.39, 0.29) is 0 Å². The topological polar surface area (TPSA) is 15.3 Å². The second-order valence-corrected chi connectivity index (χ2v) is 7.41. The lowest BCUT2D eigenvalue weighted by atomic mass is 9.98. The molecule has 1 aromatic rings. The Bertz CT molecular complexity index is 444. The minimum absolute atomic E-state index is 0.343. The van der Waals surface area contributed by atoms with E-state index in [1.807, 2.05) is 6.07 Å². The van der Waals surface area contributed by atoms with E-state index in [0.29, 0.717) is 6.04 Å². The van der Waals surface area contributed by atoms with Gasteiger partial charge in [-0.1, -0.05) is 47.4 Å². The Kier molecular flexibility index (Phi) is 7.00. The van der Waals surface area contributed by atoms with Crippen molar-refractivity contribution in [3.8, 4) is 0 Å². The van der Waals surface area contributed by atoms with Crippen molar-refractivity contribution < 1.29 is 0 Å². The molecule has 2 nitrogen and oxygen atoms in total. The van der Waals surface area contributed by atoms with Crippen molar-refractivity contribution in [3.63, 3.8) is 0 Å². The highest BCUT2D eigenvalue weighted by molar-refractivity contribution is 9.10. The van der Waals surface area contributed by atoms with E-state index in [4.69, 9.17) is 11.6 Å². The first-order valence-electron chi connectivity index (χ1n) is 8.00. The molecule has 1 aromatic carbocycles. The van der Waals surface area contributed by atoms with Gasteiger partial charge in [-0.15, -0.1) is 0 Å². The van der Waals surface area contributed by atoms with Crippen molar-refractivity contribution in [2.45, 2.75) is 39.2 Å². The van der Waals surface area contributed by atoms with Crippen LogP contribution in [0.5, 0.6) is 0 Å². The lowest BCUT2D eigenvalue weighted by molar-refractivity contribution is 0.184. The van der Waals surface area contributed by atoms with Crippen LogP contribution in [0.2, 0.25) is 5.02 Å². The molecular weight excluding hydrogens is 348 g/mol. The van der Waals surface area contributed by atoms with Crippen molar-refractivity contribution in [3.05, 3.63) is 33.3 Å². The molecule has 21 heavy (non-hydrogen) atoms. The minimum Gasteiger partial charge on any atom is -0.310 e. The highest BCUT2D eigenvalue weighted by Crippen LogP contribution is 2.29. The van der Waals surface area contributed by atoms with Crippen molar-refractivity contribution in [2.24, 2.45) is 5.92 Å². The largest absolute Gasteiger partial charge is 0.310 e. The van der Waals surface area contributed by atoms with E-state index in [1.54, 1.807) is 0 Å². The Hall–Kier alpha value is -0.0900. The van der Waals surface area contributed by atoms with E-state index in [9.17, 15) is 0 Å². The first-order valence-corrected chi connectivity index (χ1v) is 9.18. The average Bonchev–Trinajstić information content (AvgIpc) is 2.46. The highest BCUT2D eigenvalue weighted by atomic mass is 79.9. The number of nitrogens with one attached hydrogen (secondary N) is 1. The van der Waals surface area contributed by atoms with E-state index in [2.05, 4.69) is 52.1 Å². The third-order valence-corrected chi connectivity index (χ3v) is 5.22. The summed E-state index contributed by atoms with van der Waals surface area (Å²) in [6, 6.07) is 6.55. The van der Waals surface area contributed by atoms with Gasteiger partial charge in [0.25, 0.3) is 0 Å². The Labute approximate surface area is 142 Å². The molecule has 0 bridgehead atoms. The summed E-state index contributed by atoms with van der Waals surface area (Å²) in [5.41, 5.74) is 1.21. The molecule has 1 aliphatic heterocycles. The maximum atomic E-state index is 6.42. The van der Waals surface area contributed by atoms with E-state index in [0.717, 1.165) is 34.9 Å². The number of nitrogens with zero attached hydrogens (tertiary/aromatic N) is 1. The molecule has 0 saturated carbocycles. The van der Waals surface area contributed by atoms with Crippen LogP contribution in [0.3, 0.4) is 0 Å². The van der Waals surface area contributed by atoms with Crippen LogP contribution in [-0.4, -0.2) is 31.1 Å². The zero-order valence-electron chi connectivity index (χ0n) is 13.0. The lowest BCUT2D eigenvalue weighted by Gasteiger charge is -2.31. The summed E-state index contributed by atoms with van der Waals surface area (Å²) in [5, 5.41) is 4.43. The van der Waals surface area contributed by atoms with Crippen LogP contribution in [0.1, 0.15) is 44.7 Å². The molecule has 1 fully saturated rings. The standard InChI is InChI=1S/C17H26BrClN2/c1-3-20-17(15-5-4-14(18)12-16(15)19)8-11-21-9-6-13(2)7-10-21/h4-5,12-13,17,20H,3,6-11H2,1-2H3. The molecule has 0 aromatic heterocycles. The number of likely N-dealkylation sites (tertiary alicyclic amines) is 1. The highest BCUT2D eigenvalue weighted by Gasteiger charge is 2.19. The smallest absolute Gasteiger partial charge is 0.0465 e. The quantitative estimate of drug-likeness (QED) is 0.765. The number of benzene rings is 1. The van der Waals surface area contributed by atoms with E-state index < -0.39 is 0 Å². The van der Waals surface area contributed by atoms with Gasteiger partial charge in [0.15, 0.2) is 0 Å². The number of hydrogen-bond acceptors (Lipinski definition) is 2. The normalized spacial score (nSPS) is 18.9. The average molecular weight is 374 g/mol. The van der Waals surface area contributed by atoms with Gasteiger partial charge in [0.05, 0.1) is 0 Å². The van der Waals surface area contributed by atoms with Gasteiger partial charge in [-0.2, -0.15) is 0 Å². The fourth-order valence-electron chi connectivity index (χ4n) is 3.00. The predicted molar refractivity (Wildman–Crippen MR) is 95.0 cm³/mol. The van der Waals surface area contributed by atoms with Gasteiger partial charge in [0, 0.05) is 15.5 Å². The van der Waals surface area contributed by atoms with Crippen LogP contribution < -0.4 is 5.32 Å². The zero-order chi connectivity index (χ0) is 15.2. The Balaban J connectivity index is 1.95. The maximum Gasteiger partial charge on any atom is 0.0465 e. The molecule has 1 N–H and O–H groups in total. The SMILES string of the molecule is CCNC(CCN1CCC(C)CC1)c1ccc(Br)cc1Cl. The summed E-state index contributed by atoms with van der Waals surface area (Å²) in [5.74, 6) is 0.895. The van der Waals surface area contributed by atoms with E-state index >= 15 is 0 Å². The van der Waals surface area contributed by atoms with Gasteiger partial charge < -0.3 is 10.2 Å². The number of halogens is 2. The fraction of sp³-hybridized carbons (Fsp3) is 0.647. The minimum atomic E-state index is 0.343. The van der Waals surface area contributed by atoms with Crippen LogP contribution >= 0.6 is 27.5 Å². The number of piperidine rings is 1. The van der Waals surface area contributed by atoms with Crippen molar-refractivity contribution in [1.82, 2.24) is 10.2 Å². The summed E-state index contributed by atoms with van der Waals surface area (Å²) < 4.78 is 1.04. The molecule has 1 saturated heterocycles. The molecule has 1 unspecified atom stereocenters. The van der Waals surface area contributed by atoms with Crippen LogP contribution in [0.25, 0.3) is 0 Å². The van der Waals surface area contributed by atoms with Crippen LogP contribution in [0, 0.1) is 5.92 Å². The van der Waals surface area contributed by atoms with Crippen molar-refractivity contribution in [2.75, 3.05) is 26.2 Å². The first-order chi connectivity index (χ1) is 10.1. The molecule has 0 amide bonds. The van der Waals surface area contributed by atoms with Crippen LogP contribution in [0.15, 0.2) is 22.7 Å². The number of rotatable bonds is 6. The predicted octanol–water partition coefficient (Wildman–Crippen LogP) is 4.88. The summed E-state index contributed by atoms with van der Waals surface area (Å²) in [7, 11) is 0. The summed E-state index contributed by atoms with van der Waals surface area (Å²) in [6.45, 7) is 9.12. The molecule has 1 aliphatic rings. The summed E-state index contributed by atoms with van der Waals surface area (Å²) in [4.78, 5) is 2.59. The van der Waals surface area contributed by atoms with Crippen molar-refractivity contribution >= 4 is 27.5 Å². The van der Waals surface area contributed by atoms with E-state index in [1.165, 1.54) is 31.5 Å². The Morgan fingerprint density at radius 1 is 1.38 bits per heavy atom. The fourth-order valence-corrected chi connectivity index (χ4v) is 3.80. The third-order valence-electron chi connectivity index (χ3n) is 4.40. The molecule has 1 atom stereocenters. The summed E-state index contributed by atoms with van der Waals surface area (Å²) in [6.07, 6.45) is 3.79. The molecule has 0 radical (unpaired) electrons. The maximum absolute atomic E-state index is 6.42. The van der Waals surface area contributed by atoms with Gasteiger partial charge in [-0.05, 0) is 69.1 Å². The molecule has 0 aliphatic carbocycles. The molecule has 118 valence electrons. The number of hydrogen-bond donors (Lipinski definition) is 1. The van der Waals surface area contributed by atoms with Gasteiger partial charge >= 0.3 is 0 Å². The Morgan fingerprint density at radius 2 is 2.10 bits per heavy atom. The monoisotopic (exact) mass is 372 g/mol. The molecule has 2 rings (SSSR count). The molecule has 4 heteroatoms. The van der Waals surface area contributed by atoms with Crippen LogP contribution in [-0.2, 0) is 0 Å². The lowest BCUT2D eigenvalue weighted by Crippen LogP contribution is -2.35. The molecular formula is C17H26BrClN2.